The molecule has 3 aliphatic rings. The molecule has 9 aromatic rings. The first-order valence-electron chi connectivity index (χ1n) is 32.9. The molecule has 12 heterocycles. The van der Waals surface area contributed by atoms with Gasteiger partial charge in [0.2, 0.25) is 0 Å². The van der Waals surface area contributed by atoms with Gasteiger partial charge in [-0.3, -0.25) is 0 Å². The molecule has 3 fully saturated rings. The van der Waals surface area contributed by atoms with Gasteiger partial charge in [-0.15, -0.1) is 19.3 Å². The number of urea groups is 3. The average Bonchev–Trinajstić information content (AvgIpc) is 1.57. The molecule has 0 spiro atoms. The van der Waals surface area contributed by atoms with Crippen molar-refractivity contribution in [2.24, 2.45) is 0 Å². The van der Waals surface area contributed by atoms with Crippen LogP contribution in [0.15, 0.2) is 110 Å². The van der Waals surface area contributed by atoms with Gasteiger partial charge in [-0.25, -0.2) is 42.9 Å². The Morgan fingerprint density at radius 3 is 1.34 bits per heavy atom. The van der Waals surface area contributed by atoms with E-state index in [-0.39, 0.29) is 55.4 Å². The zero-order valence-electron chi connectivity index (χ0n) is 56.2. The van der Waals surface area contributed by atoms with Gasteiger partial charge in [0.05, 0.1) is 110 Å². The highest BCUT2D eigenvalue weighted by Gasteiger charge is 2.32. The molecule has 9 aromatic heterocycles. The first kappa shape index (κ1) is 70.1. The molecule has 100 heavy (non-hydrogen) atoms. The van der Waals surface area contributed by atoms with Crippen molar-refractivity contribution in [3.63, 3.8) is 0 Å². The number of amides is 6. The smallest absolute Gasteiger partial charge is 0.318 e. The summed E-state index contributed by atoms with van der Waals surface area (Å²) in [6.07, 6.45) is 35.8. The molecule has 0 aromatic carbocycles. The third-order valence-electron chi connectivity index (χ3n) is 17.2. The SMILES string of the molecule is C#CCNC(=O)N1CCC(Nc2ccc(-c3cc(OCC)cn4ncc(C#N)c34)cn2)CC1.C#CCNC(=O)NC1(C)CCN(c2ccc(-c3cc(OCC)cn4ncc(C#N)c34)cn2)CC1.C#CCNC(=O)NC1CCN(c2ccc(-c3cc(OCC)cn4ncc(C#N)c34)cn2)CC1. The predicted molar refractivity (Wildman–Crippen MR) is 379 cm³/mol. The number of likely N-dealkylation sites (tertiary alicyclic amines) is 1. The molecule has 0 unspecified atom stereocenters. The van der Waals surface area contributed by atoms with E-state index < -0.39 is 0 Å². The van der Waals surface area contributed by atoms with Crippen molar-refractivity contribution in [3.8, 4) is 106 Å². The van der Waals surface area contributed by atoms with Crippen LogP contribution in [0.4, 0.5) is 31.8 Å². The van der Waals surface area contributed by atoms with Crippen LogP contribution in [0.5, 0.6) is 17.2 Å². The fourth-order valence-corrected chi connectivity index (χ4v) is 12.1. The monoisotopic (exact) mass is 1340 g/mol. The van der Waals surface area contributed by atoms with Gasteiger partial charge in [-0.05, 0) is 121 Å². The largest absolute Gasteiger partial charge is 0.492 e. The lowest BCUT2D eigenvalue weighted by atomic mass is 9.89. The maximum Gasteiger partial charge on any atom is 0.318 e. The molecule has 12 rings (SSSR count). The Labute approximate surface area is 579 Å². The topological polar surface area (TPSA) is 323 Å². The summed E-state index contributed by atoms with van der Waals surface area (Å²) in [5.74, 6) is 11.7. The van der Waals surface area contributed by atoms with E-state index in [1.54, 1.807) is 61.8 Å². The van der Waals surface area contributed by atoms with Crippen LogP contribution in [-0.2, 0) is 0 Å². The van der Waals surface area contributed by atoms with E-state index in [0.717, 1.165) is 132 Å². The van der Waals surface area contributed by atoms with Gasteiger partial charge in [0.1, 0.15) is 52.9 Å². The fraction of sp³-hybridized carbons (Fsp3) is 0.342. The number of pyridine rings is 6. The summed E-state index contributed by atoms with van der Waals surface area (Å²) in [6.45, 7) is 14.5. The minimum Gasteiger partial charge on any atom is -0.492 e. The van der Waals surface area contributed by atoms with E-state index in [0.29, 0.717) is 66.8 Å². The number of nitrogens with zero attached hydrogens (tertiary/aromatic N) is 15. The van der Waals surface area contributed by atoms with Gasteiger partial charge < -0.3 is 60.8 Å². The van der Waals surface area contributed by atoms with Gasteiger partial charge in [0.25, 0.3) is 0 Å². The maximum atomic E-state index is 12.0. The van der Waals surface area contributed by atoms with Crippen LogP contribution >= 0.6 is 0 Å². The molecule has 27 heteroatoms. The number of carbonyl (C=O) groups is 3. The highest BCUT2D eigenvalue weighted by molar-refractivity contribution is 5.88. The zero-order valence-corrected chi connectivity index (χ0v) is 56.2. The molecule has 27 nitrogen and oxygen atoms in total. The Hall–Kier alpha value is -12.7. The van der Waals surface area contributed by atoms with E-state index in [4.69, 9.17) is 38.5 Å². The number of piperidine rings is 3. The second kappa shape index (κ2) is 33.3. The molecule has 3 aliphatic heterocycles. The number of anilines is 3. The summed E-state index contributed by atoms with van der Waals surface area (Å²) in [7, 11) is 0. The van der Waals surface area contributed by atoms with Gasteiger partial charge in [0, 0.05) is 109 Å². The molecule has 0 aliphatic carbocycles. The fourth-order valence-electron chi connectivity index (χ4n) is 12.1. The summed E-state index contributed by atoms with van der Waals surface area (Å²) in [6, 6.07) is 24.0. The molecule has 510 valence electrons. The molecule has 0 saturated carbocycles. The number of carbonyl (C=O) groups excluding carboxylic acids is 3. The summed E-state index contributed by atoms with van der Waals surface area (Å²) in [5, 5.41) is 58.8. The second-order valence-electron chi connectivity index (χ2n) is 23.8. The second-order valence-corrected chi connectivity index (χ2v) is 23.8. The predicted octanol–water partition coefficient (Wildman–Crippen LogP) is 8.41. The van der Waals surface area contributed by atoms with Crippen LogP contribution < -0.4 is 55.9 Å². The third-order valence-corrected chi connectivity index (χ3v) is 17.2. The number of hydrogen-bond donors (Lipinski definition) is 6. The summed E-state index contributed by atoms with van der Waals surface area (Å²) in [4.78, 5) is 56.0. The van der Waals surface area contributed by atoms with Crippen LogP contribution in [0.1, 0.15) is 82.9 Å². The van der Waals surface area contributed by atoms with Crippen LogP contribution in [0, 0.1) is 71.0 Å². The zero-order chi connectivity index (χ0) is 70.5. The maximum absolute atomic E-state index is 12.0. The van der Waals surface area contributed by atoms with E-state index in [1.165, 1.54) is 0 Å². The molecule has 3 saturated heterocycles. The molecular weight excluding hydrogens is 1270 g/mol. The lowest BCUT2D eigenvalue weighted by molar-refractivity contribution is 0.185. The van der Waals surface area contributed by atoms with Crippen LogP contribution in [0.25, 0.3) is 49.9 Å². The molecule has 6 amide bonds. The minimum absolute atomic E-state index is 0.110. The standard InChI is InChI=1S/C25H27N7O2.2C24H25N7O2/c1-4-10-27-24(33)30-25(3)8-11-31(12-9-25)22-7-6-18(15-28-22)21-13-20(34-5-2)17-32-23(21)19(14-26)16-29-32;1-3-9-26-24(32)29-19-7-10-30(11-8-19)22-6-5-17(14-27-22)21-12-20(33-4-2)16-31-23(21)18(13-25)15-28-31;1-3-9-26-24(32)30-10-7-19(8-11-30)29-22-6-5-17(14-27-22)21-12-20(33-4-2)16-31-23(21)18(13-25)15-28-31/h1,6-7,13,15-17H,5,8-12H2,2-3H3,(H2,27,30,33);1,5-6,12,14-16,19H,4,7-11H2,2H3,(H2,26,29,32);1,5-6,12,14-16,19H,4,7-11H2,2H3,(H,26,32)(H,27,29). The Balaban J connectivity index is 0.000000162. The van der Waals surface area contributed by atoms with Crippen molar-refractivity contribution in [1.82, 2.24) is 75.3 Å². The van der Waals surface area contributed by atoms with E-state index in [9.17, 15) is 30.2 Å². The minimum atomic E-state index is -0.295. The van der Waals surface area contributed by atoms with Crippen molar-refractivity contribution in [3.05, 3.63) is 127 Å². The number of ether oxygens (including phenoxy) is 3. The number of rotatable bonds is 18. The van der Waals surface area contributed by atoms with Crippen LogP contribution in [-0.4, -0.2) is 163 Å². The van der Waals surface area contributed by atoms with Gasteiger partial charge in [-0.2, -0.15) is 31.1 Å². The highest BCUT2D eigenvalue weighted by Crippen LogP contribution is 2.36. The lowest BCUT2D eigenvalue weighted by Crippen LogP contribution is -2.56. The Morgan fingerprint density at radius 1 is 0.530 bits per heavy atom. The van der Waals surface area contributed by atoms with Crippen LogP contribution in [0.3, 0.4) is 0 Å². The quantitative estimate of drug-likeness (QED) is 0.0439. The van der Waals surface area contributed by atoms with Crippen molar-refractivity contribution in [2.75, 3.05) is 93.8 Å². The summed E-state index contributed by atoms with van der Waals surface area (Å²) >= 11 is 0. The first-order valence-corrected chi connectivity index (χ1v) is 32.9. The molecule has 0 atom stereocenters. The van der Waals surface area contributed by atoms with Crippen molar-refractivity contribution in [1.29, 1.82) is 15.8 Å². The number of terminal acetylenes is 3. The summed E-state index contributed by atoms with van der Waals surface area (Å²) < 4.78 is 22.1. The van der Waals surface area contributed by atoms with Gasteiger partial charge in [-0.1, -0.05) is 17.8 Å². The van der Waals surface area contributed by atoms with Gasteiger partial charge in [0.15, 0.2) is 0 Å². The van der Waals surface area contributed by atoms with E-state index >= 15 is 0 Å². The lowest BCUT2D eigenvalue weighted by Gasteiger charge is -2.40. The average molecular weight is 1340 g/mol. The molecule has 0 bridgehead atoms. The number of fused-ring (bicyclic) bond motifs is 3. The van der Waals surface area contributed by atoms with Crippen molar-refractivity contribution >= 4 is 52.1 Å². The van der Waals surface area contributed by atoms with Gasteiger partial charge >= 0.3 is 18.1 Å². The number of nitriles is 3. The number of hydrogen-bond acceptors (Lipinski definition) is 18. The Morgan fingerprint density at radius 2 is 0.940 bits per heavy atom. The molecular formula is C73H77N21O6. The van der Waals surface area contributed by atoms with E-state index in [1.807, 2.05) is 94.7 Å². The molecule has 6 N–H and O–H groups in total. The number of aromatic nitrogens is 9. The van der Waals surface area contributed by atoms with Crippen molar-refractivity contribution < 1.29 is 28.6 Å². The normalized spacial score (nSPS) is 14.2. The van der Waals surface area contributed by atoms with Crippen molar-refractivity contribution in [2.45, 2.75) is 83.8 Å². The summed E-state index contributed by atoms with van der Waals surface area (Å²) in [5.41, 5.74) is 8.50. The highest BCUT2D eigenvalue weighted by atomic mass is 16.5. The first-order chi connectivity index (χ1) is 48.7. The van der Waals surface area contributed by atoms with E-state index in [2.05, 4.69) is 103 Å². The Bertz CT molecular complexity index is 4610. The number of nitrogens with one attached hydrogen (secondary N) is 6. The molecule has 0 radical (unpaired) electrons. The Kier molecular flexibility index (Phi) is 23.3. The van der Waals surface area contributed by atoms with Crippen LogP contribution in [0.2, 0.25) is 0 Å². The third kappa shape index (κ3) is 17.1.